The number of hydrogen-bond acceptors (Lipinski definition) is 5. The molecule has 0 aliphatic carbocycles. The summed E-state index contributed by atoms with van der Waals surface area (Å²) in [5.74, 6) is -0.409. The summed E-state index contributed by atoms with van der Waals surface area (Å²) in [6.45, 7) is 5.25. The zero-order valence-corrected chi connectivity index (χ0v) is 15.7. The number of amides is 2. The van der Waals surface area contributed by atoms with Gasteiger partial charge in [-0.2, -0.15) is 0 Å². The number of carbonyl (C=O) groups excluding carboxylic acids is 2. The van der Waals surface area contributed by atoms with Gasteiger partial charge in [0, 0.05) is 12.7 Å². The zero-order valence-electron chi connectivity index (χ0n) is 14.1. The highest BCUT2D eigenvalue weighted by atomic mass is 79.9. The first-order chi connectivity index (χ1) is 11.8. The first-order valence-electron chi connectivity index (χ1n) is 7.41. The number of carbonyl (C=O) groups is 2. The van der Waals surface area contributed by atoms with Crippen LogP contribution in [0.25, 0.3) is 0 Å². The first kappa shape index (κ1) is 18.9. The van der Waals surface area contributed by atoms with Crippen LogP contribution in [0.2, 0.25) is 0 Å². The van der Waals surface area contributed by atoms with Crippen molar-refractivity contribution < 1.29 is 24.2 Å². The topological polar surface area (TPSA) is 88.1 Å². The van der Waals surface area contributed by atoms with Gasteiger partial charge in [-0.15, -0.1) is 0 Å². The van der Waals surface area contributed by atoms with Crippen LogP contribution in [0.4, 0.5) is 4.79 Å². The smallest absolute Gasteiger partial charge is 0.338 e. The number of aromatic hydroxyl groups is 1. The molecule has 0 bridgehead atoms. The van der Waals surface area contributed by atoms with Crippen molar-refractivity contribution in [2.45, 2.75) is 13.0 Å². The Morgan fingerprint density at radius 1 is 1.52 bits per heavy atom. The summed E-state index contributed by atoms with van der Waals surface area (Å²) >= 11 is 3.25. The molecule has 2 amide bonds. The number of rotatable bonds is 5. The molecule has 0 saturated heterocycles. The fourth-order valence-corrected chi connectivity index (χ4v) is 2.94. The molecular formula is C17H19BrN2O5. The average molecular weight is 411 g/mol. The lowest BCUT2D eigenvalue weighted by atomic mass is 9.94. The van der Waals surface area contributed by atoms with Crippen molar-refractivity contribution in [3.8, 4) is 11.5 Å². The van der Waals surface area contributed by atoms with E-state index in [9.17, 15) is 14.7 Å². The fourth-order valence-electron chi connectivity index (χ4n) is 2.48. The molecule has 134 valence electrons. The van der Waals surface area contributed by atoms with Crippen LogP contribution in [0.5, 0.6) is 11.5 Å². The molecule has 1 aliphatic rings. The number of urea groups is 1. The molecule has 2 rings (SSSR count). The predicted molar refractivity (Wildman–Crippen MR) is 95.3 cm³/mol. The van der Waals surface area contributed by atoms with Crippen molar-refractivity contribution in [1.29, 1.82) is 0 Å². The van der Waals surface area contributed by atoms with Crippen LogP contribution < -0.4 is 10.1 Å². The maximum absolute atomic E-state index is 12.5. The second kappa shape index (κ2) is 7.60. The number of ether oxygens (including phenoxy) is 2. The Kier molecular flexibility index (Phi) is 5.73. The van der Waals surface area contributed by atoms with E-state index in [1.807, 2.05) is 0 Å². The number of hydrogen-bond donors (Lipinski definition) is 2. The molecular weight excluding hydrogens is 392 g/mol. The van der Waals surface area contributed by atoms with Crippen LogP contribution in [-0.2, 0) is 9.53 Å². The Balaban J connectivity index is 2.56. The third-order valence-electron chi connectivity index (χ3n) is 3.91. The minimum atomic E-state index is -0.744. The molecule has 0 fully saturated rings. The third kappa shape index (κ3) is 3.63. The van der Waals surface area contributed by atoms with Gasteiger partial charge >= 0.3 is 12.0 Å². The van der Waals surface area contributed by atoms with E-state index in [-0.39, 0.29) is 24.1 Å². The number of phenols is 1. The van der Waals surface area contributed by atoms with Crippen LogP contribution >= 0.6 is 15.9 Å². The number of nitrogens with one attached hydrogen (secondary N) is 1. The Labute approximate surface area is 154 Å². The summed E-state index contributed by atoms with van der Waals surface area (Å²) in [4.78, 5) is 26.0. The van der Waals surface area contributed by atoms with E-state index in [1.165, 1.54) is 18.1 Å². The number of halogens is 1. The standard InChI is InChI=1S/C17H19BrN2O5/c1-5-6-25-16(22)13-9(2)20(3)17(23)19-14(13)10-7-11(18)15(21)12(8-10)24-4/h5,7-8,14,21H,1,6H2,2-4H3,(H,19,23)/t14-/m1/s1. The number of nitrogens with zero attached hydrogens (tertiary/aromatic N) is 1. The molecule has 1 aliphatic heterocycles. The number of phenolic OH excluding ortho intramolecular Hbond substituents is 1. The number of benzene rings is 1. The van der Waals surface area contributed by atoms with Crippen molar-refractivity contribution in [2.75, 3.05) is 20.8 Å². The largest absolute Gasteiger partial charge is 0.503 e. The molecule has 1 aromatic rings. The predicted octanol–water partition coefficient (Wildman–Crippen LogP) is 2.86. The van der Waals surface area contributed by atoms with Crippen LogP contribution in [0.1, 0.15) is 18.5 Å². The molecule has 0 aromatic heterocycles. The number of allylic oxidation sites excluding steroid dienone is 1. The molecule has 1 aromatic carbocycles. The van der Waals surface area contributed by atoms with Crippen molar-refractivity contribution in [3.63, 3.8) is 0 Å². The van der Waals surface area contributed by atoms with Crippen LogP contribution in [0, 0.1) is 0 Å². The van der Waals surface area contributed by atoms with Crippen molar-refractivity contribution in [3.05, 3.63) is 46.1 Å². The first-order valence-corrected chi connectivity index (χ1v) is 8.20. The van der Waals surface area contributed by atoms with E-state index < -0.39 is 12.0 Å². The normalized spacial score (nSPS) is 17.2. The molecule has 2 N–H and O–H groups in total. The van der Waals surface area contributed by atoms with E-state index in [0.717, 1.165) is 0 Å². The second-order valence-electron chi connectivity index (χ2n) is 5.38. The molecule has 0 spiro atoms. The highest BCUT2D eigenvalue weighted by Crippen LogP contribution is 2.40. The highest BCUT2D eigenvalue weighted by molar-refractivity contribution is 9.10. The van der Waals surface area contributed by atoms with Gasteiger partial charge in [-0.1, -0.05) is 12.7 Å². The lowest BCUT2D eigenvalue weighted by molar-refractivity contribution is -0.138. The number of methoxy groups -OCH3 is 1. The number of esters is 1. The molecule has 25 heavy (non-hydrogen) atoms. The van der Waals surface area contributed by atoms with Crippen LogP contribution in [-0.4, -0.2) is 42.8 Å². The van der Waals surface area contributed by atoms with Crippen LogP contribution in [0.3, 0.4) is 0 Å². The van der Waals surface area contributed by atoms with Gasteiger partial charge in [0.05, 0.1) is 23.2 Å². The van der Waals surface area contributed by atoms with E-state index in [2.05, 4.69) is 27.8 Å². The highest BCUT2D eigenvalue weighted by Gasteiger charge is 2.35. The van der Waals surface area contributed by atoms with Gasteiger partial charge in [0.25, 0.3) is 0 Å². The van der Waals surface area contributed by atoms with Crippen molar-refractivity contribution >= 4 is 27.9 Å². The second-order valence-corrected chi connectivity index (χ2v) is 6.24. The summed E-state index contributed by atoms with van der Waals surface area (Å²) in [5, 5.41) is 12.7. The molecule has 1 heterocycles. The lowest BCUT2D eigenvalue weighted by Crippen LogP contribution is -2.46. The quantitative estimate of drug-likeness (QED) is 0.575. The van der Waals surface area contributed by atoms with Crippen molar-refractivity contribution in [1.82, 2.24) is 10.2 Å². The Bertz CT molecular complexity index is 760. The molecule has 1 atom stereocenters. The van der Waals surface area contributed by atoms with Crippen LogP contribution in [0.15, 0.2) is 40.5 Å². The van der Waals surface area contributed by atoms with Gasteiger partial charge in [0.15, 0.2) is 11.5 Å². The van der Waals surface area contributed by atoms with Gasteiger partial charge in [-0.25, -0.2) is 9.59 Å². The SMILES string of the molecule is C=CCOC(=O)C1=C(C)N(C)C(=O)N[C@@H]1c1cc(Br)c(O)c(OC)c1. The van der Waals surface area contributed by atoms with E-state index >= 15 is 0 Å². The summed E-state index contributed by atoms with van der Waals surface area (Å²) in [6.07, 6.45) is 1.47. The van der Waals surface area contributed by atoms with Gasteiger partial charge in [-0.3, -0.25) is 0 Å². The summed E-state index contributed by atoms with van der Waals surface area (Å²) in [5.41, 5.74) is 1.34. The Morgan fingerprint density at radius 3 is 2.80 bits per heavy atom. The maximum Gasteiger partial charge on any atom is 0.338 e. The minimum absolute atomic E-state index is 0.0581. The minimum Gasteiger partial charge on any atom is -0.503 e. The summed E-state index contributed by atoms with van der Waals surface area (Å²) in [6, 6.07) is 2.07. The van der Waals surface area contributed by atoms with Crippen molar-refractivity contribution in [2.24, 2.45) is 0 Å². The Morgan fingerprint density at radius 2 is 2.20 bits per heavy atom. The van der Waals surface area contributed by atoms with Gasteiger partial charge in [0.2, 0.25) is 0 Å². The van der Waals surface area contributed by atoms with Gasteiger partial charge in [0.1, 0.15) is 6.61 Å². The lowest BCUT2D eigenvalue weighted by Gasteiger charge is -2.33. The molecule has 0 saturated carbocycles. The molecule has 8 heteroatoms. The third-order valence-corrected chi connectivity index (χ3v) is 4.51. The maximum atomic E-state index is 12.5. The van der Waals surface area contributed by atoms with E-state index in [4.69, 9.17) is 9.47 Å². The van der Waals surface area contributed by atoms with E-state index in [1.54, 1.807) is 26.1 Å². The average Bonchev–Trinajstić information content (AvgIpc) is 2.59. The van der Waals surface area contributed by atoms with Gasteiger partial charge < -0.3 is 24.8 Å². The molecule has 7 nitrogen and oxygen atoms in total. The summed E-state index contributed by atoms with van der Waals surface area (Å²) in [7, 11) is 2.98. The van der Waals surface area contributed by atoms with Gasteiger partial charge in [-0.05, 0) is 40.5 Å². The monoisotopic (exact) mass is 410 g/mol. The molecule has 0 radical (unpaired) electrons. The zero-order chi connectivity index (χ0) is 18.7. The molecule has 0 unspecified atom stereocenters. The van der Waals surface area contributed by atoms with E-state index in [0.29, 0.717) is 21.3 Å². The Hall–Kier alpha value is -2.48. The summed E-state index contributed by atoms with van der Waals surface area (Å²) < 4.78 is 10.7. The fraction of sp³-hybridized carbons (Fsp3) is 0.294.